The first kappa shape index (κ1) is 22.7. The molecule has 32 heavy (non-hydrogen) atoms. The maximum absolute atomic E-state index is 12.8. The summed E-state index contributed by atoms with van der Waals surface area (Å²) in [5.41, 5.74) is 2.89. The molecule has 0 N–H and O–H groups in total. The standard InChI is InChI=1S/C24H22IN3O3S/c1-3-12-31-21-9-4-17(15-20(21)25)16-22-23(29)27(2)24(32-22)26-18-5-7-19(8-6-18)28-10-13-30-14-11-28/h1,4-9,15-16H,10-14H2,2H3/b22-16-,26-24?. The van der Waals surface area contributed by atoms with E-state index in [4.69, 9.17) is 20.9 Å². The monoisotopic (exact) mass is 559 g/mol. The van der Waals surface area contributed by atoms with Crippen molar-refractivity contribution in [2.24, 2.45) is 4.99 Å². The number of ether oxygens (including phenoxy) is 2. The van der Waals surface area contributed by atoms with E-state index in [1.165, 1.54) is 11.8 Å². The fourth-order valence-electron chi connectivity index (χ4n) is 3.32. The Morgan fingerprint density at radius 2 is 2.00 bits per heavy atom. The summed E-state index contributed by atoms with van der Waals surface area (Å²) in [4.78, 5) is 22.0. The molecular formula is C24H22IN3O3S. The molecular weight excluding hydrogens is 537 g/mol. The number of carbonyl (C=O) groups excluding carboxylic acids is 1. The first-order chi connectivity index (χ1) is 15.5. The van der Waals surface area contributed by atoms with Crippen molar-refractivity contribution < 1.29 is 14.3 Å². The Morgan fingerprint density at radius 3 is 2.69 bits per heavy atom. The molecule has 2 heterocycles. The third-order valence-electron chi connectivity index (χ3n) is 5.02. The second-order valence-corrected chi connectivity index (χ2v) is 9.34. The average Bonchev–Trinajstić information content (AvgIpc) is 3.07. The lowest BCUT2D eigenvalue weighted by Crippen LogP contribution is -2.36. The molecule has 4 rings (SSSR count). The van der Waals surface area contributed by atoms with E-state index in [9.17, 15) is 4.79 Å². The van der Waals surface area contributed by atoms with Gasteiger partial charge in [-0.1, -0.05) is 12.0 Å². The lowest BCUT2D eigenvalue weighted by atomic mass is 10.2. The summed E-state index contributed by atoms with van der Waals surface area (Å²) in [5.74, 6) is 3.12. The minimum Gasteiger partial charge on any atom is -0.480 e. The minimum atomic E-state index is -0.0682. The molecule has 0 spiro atoms. The Bertz CT molecular complexity index is 1100. The van der Waals surface area contributed by atoms with Gasteiger partial charge >= 0.3 is 0 Å². The SMILES string of the molecule is C#CCOc1ccc(/C=C2\SC(=Nc3ccc(N4CCOCC4)cc3)N(C)C2=O)cc1I. The summed E-state index contributed by atoms with van der Waals surface area (Å²) >= 11 is 3.57. The Balaban J connectivity index is 1.49. The van der Waals surface area contributed by atoms with Crippen LogP contribution in [0.4, 0.5) is 11.4 Å². The molecule has 2 aliphatic heterocycles. The van der Waals surface area contributed by atoms with Crippen LogP contribution in [0.25, 0.3) is 6.08 Å². The molecule has 6 nitrogen and oxygen atoms in total. The van der Waals surface area contributed by atoms with Crippen molar-refractivity contribution in [1.29, 1.82) is 0 Å². The Kier molecular flexibility index (Phi) is 7.40. The maximum Gasteiger partial charge on any atom is 0.266 e. The number of aliphatic imine (C=N–C) groups is 1. The zero-order valence-corrected chi connectivity index (χ0v) is 20.6. The molecule has 0 unspecified atom stereocenters. The molecule has 0 saturated carbocycles. The summed E-state index contributed by atoms with van der Waals surface area (Å²) in [6, 6.07) is 13.8. The van der Waals surface area contributed by atoms with Gasteiger partial charge in [0.2, 0.25) is 0 Å². The quantitative estimate of drug-likeness (QED) is 0.310. The molecule has 2 aromatic rings. The second kappa shape index (κ2) is 10.4. The molecule has 1 amide bonds. The minimum absolute atomic E-state index is 0.0682. The number of rotatable bonds is 5. The highest BCUT2D eigenvalue weighted by Crippen LogP contribution is 2.34. The lowest BCUT2D eigenvalue weighted by molar-refractivity contribution is -0.121. The number of terminal acetylenes is 1. The summed E-state index contributed by atoms with van der Waals surface area (Å²) in [6.07, 6.45) is 7.13. The summed E-state index contributed by atoms with van der Waals surface area (Å²) in [7, 11) is 1.75. The predicted octanol–water partition coefficient (Wildman–Crippen LogP) is 4.37. The molecule has 164 valence electrons. The van der Waals surface area contributed by atoms with E-state index < -0.39 is 0 Å². The van der Waals surface area contributed by atoms with Gasteiger partial charge in [0.25, 0.3) is 5.91 Å². The Hall–Kier alpha value is -2.48. The van der Waals surface area contributed by atoms with Gasteiger partial charge in [0.1, 0.15) is 12.4 Å². The Labute approximate surface area is 205 Å². The average molecular weight is 559 g/mol. The topological polar surface area (TPSA) is 54.4 Å². The number of amides is 1. The largest absolute Gasteiger partial charge is 0.480 e. The number of hydrogen-bond acceptors (Lipinski definition) is 6. The molecule has 0 atom stereocenters. The number of benzene rings is 2. The zero-order valence-electron chi connectivity index (χ0n) is 17.6. The van der Waals surface area contributed by atoms with Crippen LogP contribution >= 0.6 is 34.4 Å². The van der Waals surface area contributed by atoms with Gasteiger partial charge in [-0.3, -0.25) is 9.69 Å². The lowest BCUT2D eigenvalue weighted by Gasteiger charge is -2.28. The number of halogens is 1. The number of thioether (sulfide) groups is 1. The van der Waals surface area contributed by atoms with Gasteiger partial charge < -0.3 is 14.4 Å². The van der Waals surface area contributed by atoms with Gasteiger partial charge in [-0.05, 0) is 82.4 Å². The van der Waals surface area contributed by atoms with Gasteiger partial charge in [0, 0.05) is 25.8 Å². The molecule has 0 bridgehead atoms. The van der Waals surface area contributed by atoms with Gasteiger partial charge in [-0.15, -0.1) is 6.42 Å². The van der Waals surface area contributed by atoms with Crippen LogP contribution in [0, 0.1) is 15.9 Å². The van der Waals surface area contributed by atoms with Gasteiger partial charge in [-0.25, -0.2) is 4.99 Å². The molecule has 0 aromatic heterocycles. The first-order valence-corrected chi connectivity index (χ1v) is 12.0. The Morgan fingerprint density at radius 1 is 1.25 bits per heavy atom. The van der Waals surface area contributed by atoms with Crippen LogP contribution in [0.3, 0.4) is 0 Å². The number of anilines is 1. The summed E-state index contributed by atoms with van der Waals surface area (Å²) in [5, 5.41) is 0.657. The normalized spacial score (nSPS) is 19.0. The third-order valence-corrected chi connectivity index (χ3v) is 6.92. The van der Waals surface area contributed by atoms with Crippen LogP contribution < -0.4 is 9.64 Å². The van der Waals surface area contributed by atoms with Gasteiger partial charge in [0.15, 0.2) is 5.17 Å². The number of morpholine rings is 1. The van der Waals surface area contributed by atoms with Gasteiger partial charge in [0.05, 0.1) is 27.4 Å². The van der Waals surface area contributed by atoms with Crippen molar-refractivity contribution in [2.75, 3.05) is 44.9 Å². The van der Waals surface area contributed by atoms with Crippen LogP contribution in [0.1, 0.15) is 5.56 Å². The molecule has 0 aliphatic carbocycles. The number of hydrogen-bond donors (Lipinski definition) is 0. The van der Waals surface area contributed by atoms with Crippen LogP contribution in [-0.2, 0) is 9.53 Å². The maximum atomic E-state index is 12.8. The molecule has 2 aromatic carbocycles. The van der Waals surface area contributed by atoms with Crippen molar-refractivity contribution in [2.45, 2.75) is 0 Å². The van der Waals surface area contributed by atoms with E-state index in [1.807, 2.05) is 36.4 Å². The van der Waals surface area contributed by atoms with E-state index >= 15 is 0 Å². The highest BCUT2D eigenvalue weighted by Gasteiger charge is 2.30. The molecule has 8 heteroatoms. The highest BCUT2D eigenvalue weighted by molar-refractivity contribution is 14.1. The van der Waals surface area contributed by atoms with E-state index in [-0.39, 0.29) is 12.5 Å². The number of amidine groups is 1. The highest BCUT2D eigenvalue weighted by atomic mass is 127. The smallest absolute Gasteiger partial charge is 0.266 e. The van der Waals surface area contributed by atoms with Crippen LogP contribution in [0.15, 0.2) is 52.4 Å². The van der Waals surface area contributed by atoms with Crippen molar-refractivity contribution in [3.8, 4) is 18.1 Å². The number of nitrogens with zero attached hydrogens (tertiary/aromatic N) is 3. The van der Waals surface area contributed by atoms with Crippen molar-refractivity contribution in [3.05, 3.63) is 56.5 Å². The van der Waals surface area contributed by atoms with E-state index in [2.05, 4.69) is 45.5 Å². The van der Waals surface area contributed by atoms with Crippen molar-refractivity contribution >= 4 is 62.9 Å². The number of likely N-dealkylation sites (N-methyl/N-ethyl adjacent to an activating group) is 1. The van der Waals surface area contributed by atoms with E-state index in [1.54, 1.807) is 11.9 Å². The van der Waals surface area contributed by atoms with Gasteiger partial charge in [-0.2, -0.15) is 0 Å². The fourth-order valence-corrected chi connectivity index (χ4v) is 5.00. The van der Waals surface area contributed by atoms with Crippen LogP contribution in [0.5, 0.6) is 5.75 Å². The second-order valence-electron chi connectivity index (χ2n) is 7.17. The third kappa shape index (κ3) is 5.28. The summed E-state index contributed by atoms with van der Waals surface area (Å²) < 4.78 is 11.9. The molecule has 0 radical (unpaired) electrons. The van der Waals surface area contributed by atoms with E-state index in [0.717, 1.165) is 52.6 Å². The van der Waals surface area contributed by atoms with Crippen molar-refractivity contribution in [1.82, 2.24) is 4.90 Å². The summed E-state index contributed by atoms with van der Waals surface area (Å²) in [6.45, 7) is 3.52. The fraction of sp³-hybridized carbons (Fsp3) is 0.250. The van der Waals surface area contributed by atoms with Crippen LogP contribution in [-0.4, -0.2) is 55.9 Å². The number of carbonyl (C=O) groups is 1. The van der Waals surface area contributed by atoms with Crippen LogP contribution in [0.2, 0.25) is 0 Å². The molecule has 2 fully saturated rings. The predicted molar refractivity (Wildman–Crippen MR) is 138 cm³/mol. The van der Waals surface area contributed by atoms with E-state index in [0.29, 0.717) is 10.1 Å². The molecule has 2 aliphatic rings. The zero-order chi connectivity index (χ0) is 22.5. The molecule has 2 saturated heterocycles. The van der Waals surface area contributed by atoms with Crippen molar-refractivity contribution in [3.63, 3.8) is 0 Å². The first-order valence-electron chi connectivity index (χ1n) is 10.1.